The molecule has 4 aliphatic rings. The number of H-pyrrole nitrogens is 1. The fourth-order valence-corrected chi connectivity index (χ4v) is 10.1. The largest absolute Gasteiger partial charge is 0.488 e. The van der Waals surface area contributed by atoms with E-state index in [2.05, 4.69) is 71.9 Å². The van der Waals surface area contributed by atoms with Crippen molar-refractivity contribution in [3.63, 3.8) is 0 Å². The number of imidazole rings is 1. The van der Waals surface area contributed by atoms with E-state index < -0.39 is 30.4 Å². The minimum atomic E-state index is -0.888. The van der Waals surface area contributed by atoms with Crippen molar-refractivity contribution in [1.29, 1.82) is 0 Å². The number of rotatable bonds is 12. The molecule has 4 amide bonds. The van der Waals surface area contributed by atoms with Gasteiger partial charge in [-0.1, -0.05) is 52.8 Å². The number of alkyl carbamates (subject to hydrolysis) is 2. The number of ether oxygens (including phenoxy) is 4. The average molecular weight is 862 g/mol. The second-order valence-corrected chi connectivity index (χ2v) is 17.7. The van der Waals surface area contributed by atoms with E-state index >= 15 is 0 Å². The minimum Gasteiger partial charge on any atom is -0.488 e. The number of hydrogen-bond donors (Lipinski definition) is 3. The number of aliphatic imine (C=N–C) groups is 1. The van der Waals surface area contributed by atoms with Gasteiger partial charge in [0.2, 0.25) is 11.8 Å². The number of methoxy groups -OCH3 is 3. The van der Waals surface area contributed by atoms with Crippen LogP contribution < -0.4 is 15.4 Å². The minimum absolute atomic E-state index is 0.0351. The third-order valence-corrected chi connectivity index (χ3v) is 13.4. The molecule has 334 valence electrons. The molecule has 8 rings (SSSR count). The third-order valence-electron chi connectivity index (χ3n) is 13.4. The van der Waals surface area contributed by atoms with Crippen molar-refractivity contribution in [3.05, 3.63) is 65.6 Å². The van der Waals surface area contributed by atoms with Gasteiger partial charge in [-0.2, -0.15) is 0 Å². The molecular weight excluding hydrogens is 803 g/mol. The quantitative estimate of drug-likeness (QED) is 0.129. The van der Waals surface area contributed by atoms with Crippen LogP contribution in [-0.4, -0.2) is 108 Å². The Kier molecular flexibility index (Phi) is 12.5. The van der Waals surface area contributed by atoms with Crippen molar-refractivity contribution in [3.8, 4) is 28.1 Å². The van der Waals surface area contributed by atoms with Gasteiger partial charge in [0, 0.05) is 37.4 Å². The normalized spacial score (nSPS) is 21.5. The van der Waals surface area contributed by atoms with Crippen molar-refractivity contribution in [2.45, 2.75) is 116 Å². The molecule has 1 aromatic heterocycles. The summed E-state index contributed by atoms with van der Waals surface area (Å²) >= 11 is 0. The second-order valence-electron chi connectivity index (χ2n) is 17.7. The van der Waals surface area contributed by atoms with Gasteiger partial charge >= 0.3 is 12.2 Å². The first-order chi connectivity index (χ1) is 30.4. The molecule has 4 aromatic rings. The Balaban J connectivity index is 1.02. The molecule has 2 fully saturated rings. The van der Waals surface area contributed by atoms with Gasteiger partial charge in [0.15, 0.2) is 0 Å². The van der Waals surface area contributed by atoms with Crippen molar-refractivity contribution < 1.29 is 38.1 Å². The van der Waals surface area contributed by atoms with Crippen molar-refractivity contribution >= 4 is 46.2 Å². The third kappa shape index (κ3) is 8.23. The molecule has 0 saturated carbocycles. The Morgan fingerprint density at radius 3 is 2.38 bits per heavy atom. The first-order valence-corrected chi connectivity index (χ1v) is 22.2. The molecule has 7 atom stereocenters. The molecule has 3 N–H and O–H groups in total. The van der Waals surface area contributed by atoms with E-state index in [1.54, 1.807) is 7.11 Å². The molecule has 0 radical (unpaired) electrons. The topological polar surface area (TPSA) is 177 Å². The maximum atomic E-state index is 14.2. The van der Waals surface area contributed by atoms with E-state index in [1.165, 1.54) is 14.2 Å². The lowest BCUT2D eigenvalue weighted by Crippen LogP contribution is -2.56. The molecule has 0 unspecified atom stereocenters. The predicted molar refractivity (Wildman–Crippen MR) is 239 cm³/mol. The Morgan fingerprint density at radius 2 is 1.68 bits per heavy atom. The molecule has 0 aliphatic carbocycles. The Hall–Kier alpha value is -5.96. The van der Waals surface area contributed by atoms with Gasteiger partial charge < -0.3 is 44.4 Å². The highest BCUT2D eigenvalue weighted by Crippen LogP contribution is 2.45. The van der Waals surface area contributed by atoms with Crippen LogP contribution in [0.25, 0.3) is 33.2 Å². The lowest BCUT2D eigenvalue weighted by Gasteiger charge is -2.34. The van der Waals surface area contributed by atoms with Gasteiger partial charge in [-0.15, -0.1) is 0 Å². The summed E-state index contributed by atoms with van der Waals surface area (Å²) in [6, 6.07) is 12.8. The number of aromatic amines is 1. The van der Waals surface area contributed by atoms with Crippen LogP contribution in [-0.2, 0) is 36.8 Å². The maximum absolute atomic E-state index is 14.2. The molecule has 3 aromatic carbocycles. The SMILES string of the molecule is CC[C@H]1CC[C@@H](c2ncc(-c3ccc4c(c3)COc3cc5c6c(ccc5cc3-4)N=C([C@@H]3C[C@H](C)CN3C(=O)[C@@H](NC(=O)OC)[C@@H](CC)OC)C6)[nH]2)N1C(=O)[C@@H](NC(=O)OC)C(C)C. The molecule has 5 heterocycles. The Morgan fingerprint density at radius 1 is 0.921 bits per heavy atom. The van der Waals surface area contributed by atoms with Crippen LogP contribution in [0.4, 0.5) is 15.3 Å². The van der Waals surface area contributed by atoms with Gasteiger partial charge in [-0.3, -0.25) is 14.6 Å². The number of fused-ring (bicyclic) bond motifs is 6. The molecule has 15 nitrogen and oxygen atoms in total. The van der Waals surface area contributed by atoms with Gasteiger partial charge in [0.1, 0.15) is 30.3 Å². The van der Waals surface area contributed by atoms with Crippen LogP contribution in [0.2, 0.25) is 0 Å². The molecule has 0 spiro atoms. The maximum Gasteiger partial charge on any atom is 0.407 e. The van der Waals surface area contributed by atoms with Crippen LogP contribution in [0.5, 0.6) is 5.75 Å². The summed E-state index contributed by atoms with van der Waals surface area (Å²) in [5, 5.41) is 7.63. The standard InChI is InChI=1S/C48H59N7O8/c1-9-30-13-16-38(55(30)46(57)42(25(3)4)52-47(58)61-7)44-49-22-37(51-44)28-11-14-31-29(18-28)24-63-41-21-32-27(19-34(31)41)12-15-35-33(32)20-36(50-35)39-17-26(5)23-54(39)45(56)43(40(10-2)60-6)53-48(59)62-8/h11-12,14-15,18-19,21-22,25-26,30,38-40,42-43H,9-10,13,16-17,20,23-24H2,1-8H3,(H,49,51)(H,52,58)(H,53,59)/t26-,30-,38-,39-,40+,42-,43-/m0/s1. The molecule has 0 bridgehead atoms. The first kappa shape index (κ1) is 43.7. The summed E-state index contributed by atoms with van der Waals surface area (Å²) in [4.78, 5) is 69.9. The number of aromatic nitrogens is 2. The second kappa shape index (κ2) is 18.0. The van der Waals surface area contributed by atoms with E-state index in [0.29, 0.717) is 26.0 Å². The predicted octanol–water partition coefficient (Wildman–Crippen LogP) is 7.63. The highest BCUT2D eigenvalue weighted by Gasteiger charge is 2.44. The zero-order valence-corrected chi connectivity index (χ0v) is 37.4. The molecule has 2 saturated heterocycles. The van der Waals surface area contributed by atoms with E-state index in [9.17, 15) is 19.2 Å². The summed E-state index contributed by atoms with van der Waals surface area (Å²) in [6.45, 7) is 10.9. The smallest absolute Gasteiger partial charge is 0.407 e. The van der Waals surface area contributed by atoms with E-state index in [0.717, 1.165) is 92.9 Å². The van der Waals surface area contributed by atoms with Crippen LogP contribution in [0.1, 0.15) is 89.7 Å². The van der Waals surface area contributed by atoms with Crippen LogP contribution in [0.15, 0.2) is 53.7 Å². The zero-order valence-electron chi connectivity index (χ0n) is 37.4. The molecule has 4 aliphatic heterocycles. The monoisotopic (exact) mass is 861 g/mol. The van der Waals surface area contributed by atoms with Crippen molar-refractivity contribution in [1.82, 2.24) is 30.4 Å². The van der Waals surface area contributed by atoms with Crippen LogP contribution in [0.3, 0.4) is 0 Å². The van der Waals surface area contributed by atoms with Crippen molar-refractivity contribution in [2.75, 3.05) is 27.9 Å². The summed E-state index contributed by atoms with van der Waals surface area (Å²) in [5.41, 5.74) is 7.91. The number of carbonyl (C=O) groups is 4. The van der Waals surface area contributed by atoms with Gasteiger partial charge in [-0.05, 0) is 101 Å². The fraction of sp³-hybridized carbons (Fsp3) is 0.500. The Labute approximate surface area is 368 Å². The number of hydrogen-bond acceptors (Lipinski definition) is 10. The van der Waals surface area contributed by atoms with Crippen molar-refractivity contribution in [2.24, 2.45) is 16.8 Å². The number of carbonyl (C=O) groups excluding carboxylic acids is 4. The summed E-state index contributed by atoms with van der Waals surface area (Å²) in [7, 11) is 4.13. The van der Waals surface area contributed by atoms with E-state index in [-0.39, 0.29) is 41.8 Å². The van der Waals surface area contributed by atoms with Crippen LogP contribution >= 0.6 is 0 Å². The van der Waals surface area contributed by atoms with Gasteiger partial charge in [0.05, 0.1) is 50.0 Å². The highest BCUT2D eigenvalue weighted by atomic mass is 16.5. The van der Waals surface area contributed by atoms with E-state index in [1.807, 2.05) is 36.8 Å². The highest BCUT2D eigenvalue weighted by molar-refractivity contribution is 6.06. The Bertz CT molecular complexity index is 2440. The fourth-order valence-electron chi connectivity index (χ4n) is 10.1. The number of amides is 4. The van der Waals surface area contributed by atoms with Gasteiger partial charge in [0.25, 0.3) is 0 Å². The van der Waals surface area contributed by atoms with Gasteiger partial charge in [-0.25, -0.2) is 14.6 Å². The summed E-state index contributed by atoms with van der Waals surface area (Å²) in [5.74, 6) is 1.32. The number of likely N-dealkylation sites (tertiary alicyclic amines) is 2. The number of nitrogens with zero attached hydrogens (tertiary/aromatic N) is 4. The lowest BCUT2D eigenvalue weighted by atomic mass is 9.90. The molecule has 63 heavy (non-hydrogen) atoms. The first-order valence-electron chi connectivity index (χ1n) is 22.2. The average Bonchev–Trinajstić information content (AvgIpc) is 4.12. The lowest BCUT2D eigenvalue weighted by molar-refractivity contribution is -0.138. The number of benzene rings is 3. The number of nitrogens with one attached hydrogen (secondary N) is 3. The molecule has 15 heteroatoms. The summed E-state index contributed by atoms with van der Waals surface area (Å²) < 4.78 is 21.8. The zero-order chi connectivity index (χ0) is 44.7. The van der Waals surface area contributed by atoms with Crippen LogP contribution in [0, 0.1) is 11.8 Å². The van der Waals surface area contributed by atoms with E-state index in [4.69, 9.17) is 28.9 Å². The molecular formula is C48H59N7O8. The summed E-state index contributed by atoms with van der Waals surface area (Å²) in [6.07, 6.45) is 4.34.